The first kappa shape index (κ1) is 24.9. The van der Waals surface area contributed by atoms with Gasteiger partial charge in [0.05, 0.1) is 34.2 Å². The van der Waals surface area contributed by atoms with Crippen molar-refractivity contribution in [3.63, 3.8) is 0 Å². The van der Waals surface area contributed by atoms with Crippen molar-refractivity contribution in [2.45, 2.75) is 57.3 Å². The summed E-state index contributed by atoms with van der Waals surface area (Å²) in [7, 11) is 0. The fraction of sp³-hybridized carbons (Fsp3) is 0.385. The third-order valence-electron chi connectivity index (χ3n) is 7.06. The standard InChI is InChI=1S/C26H28ClN7O3/c1-4-23(36)32-12-17(10-21(32)13(2)35)34-25(28)24(26(29)37)19(31-34)8-5-15-9-20-22(11-18(15)27)33(14(3)30-20)16-6-7-16/h4,9,11,13,16-17,21,35H,1,6-7,10,12,28H2,2-3H3,(H2,29,37)/t13-,17+,21-/m1/s1. The van der Waals surface area contributed by atoms with E-state index in [0.717, 1.165) is 29.7 Å². The van der Waals surface area contributed by atoms with Gasteiger partial charge in [-0.3, -0.25) is 9.59 Å². The van der Waals surface area contributed by atoms with Crippen LogP contribution in [0.1, 0.15) is 65.7 Å². The lowest BCUT2D eigenvalue weighted by atomic mass is 10.1. The molecule has 37 heavy (non-hydrogen) atoms. The number of aryl methyl sites for hydroxylation is 1. The Labute approximate surface area is 218 Å². The Morgan fingerprint density at radius 3 is 2.65 bits per heavy atom. The van der Waals surface area contributed by atoms with Crippen LogP contribution in [0.25, 0.3) is 11.0 Å². The number of fused-ring (bicyclic) bond motifs is 1. The molecule has 1 aliphatic carbocycles. The molecule has 192 valence electrons. The van der Waals surface area contributed by atoms with Crippen molar-refractivity contribution in [2.24, 2.45) is 5.73 Å². The normalized spacial score (nSPS) is 20.1. The van der Waals surface area contributed by atoms with Gasteiger partial charge in [0.15, 0.2) is 5.69 Å². The van der Waals surface area contributed by atoms with Gasteiger partial charge in [0.1, 0.15) is 17.2 Å². The van der Waals surface area contributed by atoms with Crippen molar-refractivity contribution in [2.75, 3.05) is 12.3 Å². The Bertz CT molecular complexity index is 1510. The largest absolute Gasteiger partial charge is 0.391 e. The first-order valence-electron chi connectivity index (χ1n) is 12.1. The molecule has 2 fully saturated rings. The van der Waals surface area contributed by atoms with Crippen LogP contribution in [0.15, 0.2) is 24.8 Å². The van der Waals surface area contributed by atoms with E-state index >= 15 is 0 Å². The van der Waals surface area contributed by atoms with Gasteiger partial charge in [0.2, 0.25) is 5.91 Å². The quantitative estimate of drug-likeness (QED) is 0.347. The number of primary amides is 1. The summed E-state index contributed by atoms with van der Waals surface area (Å²) in [5.74, 6) is 5.82. The molecule has 11 heteroatoms. The number of nitrogens with two attached hydrogens (primary N) is 2. The van der Waals surface area contributed by atoms with Crippen LogP contribution < -0.4 is 11.5 Å². The lowest BCUT2D eigenvalue weighted by Gasteiger charge is -2.25. The SMILES string of the molecule is C=CC(=O)N1C[C@@H](n2nc(C#Cc3cc4nc(C)n(C5CC5)c4cc3Cl)c(C(N)=O)c2N)C[C@@H]1[C@@H](C)O. The molecule has 2 amide bonds. The van der Waals surface area contributed by atoms with Crippen molar-refractivity contribution in [3.05, 3.63) is 52.5 Å². The van der Waals surface area contributed by atoms with Crippen molar-refractivity contribution in [3.8, 4) is 11.8 Å². The number of aliphatic hydroxyl groups is 1. The highest BCUT2D eigenvalue weighted by Gasteiger charge is 2.39. The van der Waals surface area contributed by atoms with Crippen LogP contribution in [-0.2, 0) is 4.79 Å². The lowest BCUT2D eigenvalue weighted by molar-refractivity contribution is -0.128. The van der Waals surface area contributed by atoms with Crippen LogP contribution in [0.3, 0.4) is 0 Å². The maximum absolute atomic E-state index is 12.3. The minimum absolute atomic E-state index is 0.000602. The number of amides is 2. The summed E-state index contributed by atoms with van der Waals surface area (Å²) >= 11 is 6.57. The summed E-state index contributed by atoms with van der Waals surface area (Å²) < 4.78 is 3.66. The maximum atomic E-state index is 12.3. The molecule has 5 N–H and O–H groups in total. The van der Waals surface area contributed by atoms with E-state index in [9.17, 15) is 14.7 Å². The van der Waals surface area contributed by atoms with Gasteiger partial charge in [-0.15, -0.1) is 0 Å². The van der Waals surface area contributed by atoms with Gasteiger partial charge in [-0.25, -0.2) is 9.67 Å². The zero-order valence-electron chi connectivity index (χ0n) is 20.6. The highest BCUT2D eigenvalue weighted by molar-refractivity contribution is 6.32. The van der Waals surface area contributed by atoms with Gasteiger partial charge in [-0.05, 0) is 57.2 Å². The number of aromatic nitrogens is 4. The second-order valence-corrected chi connectivity index (χ2v) is 10.0. The number of carbonyl (C=O) groups is 2. The smallest absolute Gasteiger partial charge is 0.255 e. The Balaban J connectivity index is 1.51. The van der Waals surface area contributed by atoms with E-state index < -0.39 is 18.1 Å². The fourth-order valence-electron chi connectivity index (χ4n) is 5.16. The van der Waals surface area contributed by atoms with Gasteiger partial charge < -0.3 is 26.0 Å². The van der Waals surface area contributed by atoms with Crippen molar-refractivity contribution >= 4 is 40.3 Å². The van der Waals surface area contributed by atoms with E-state index in [4.69, 9.17) is 23.1 Å². The highest BCUT2D eigenvalue weighted by atomic mass is 35.5. The number of benzene rings is 1. The van der Waals surface area contributed by atoms with Gasteiger partial charge in [0, 0.05) is 18.2 Å². The Hall–Kier alpha value is -3.81. The zero-order valence-corrected chi connectivity index (χ0v) is 21.4. The molecule has 1 aromatic carbocycles. The first-order valence-corrected chi connectivity index (χ1v) is 12.5. The summed E-state index contributed by atoms with van der Waals surface area (Å²) in [6.45, 7) is 7.36. The molecule has 1 saturated heterocycles. The maximum Gasteiger partial charge on any atom is 0.255 e. The van der Waals surface area contributed by atoms with Gasteiger partial charge >= 0.3 is 0 Å². The van der Waals surface area contributed by atoms with Gasteiger partial charge in [-0.1, -0.05) is 24.1 Å². The molecular weight excluding hydrogens is 494 g/mol. The summed E-state index contributed by atoms with van der Waals surface area (Å²) in [6.07, 6.45) is 3.07. The van der Waals surface area contributed by atoms with Crippen LogP contribution in [0.4, 0.5) is 5.82 Å². The molecule has 5 rings (SSSR count). The van der Waals surface area contributed by atoms with Crippen molar-refractivity contribution < 1.29 is 14.7 Å². The molecule has 0 radical (unpaired) electrons. The predicted octanol–water partition coefficient (Wildman–Crippen LogP) is 2.32. The Morgan fingerprint density at radius 1 is 1.30 bits per heavy atom. The molecule has 3 atom stereocenters. The predicted molar refractivity (Wildman–Crippen MR) is 140 cm³/mol. The third kappa shape index (κ3) is 4.34. The number of likely N-dealkylation sites (tertiary alicyclic amines) is 1. The number of rotatable bonds is 5. The molecule has 2 aromatic heterocycles. The van der Waals surface area contributed by atoms with Crippen LogP contribution in [0.2, 0.25) is 5.02 Å². The summed E-state index contributed by atoms with van der Waals surface area (Å²) in [4.78, 5) is 30.8. The van der Waals surface area contributed by atoms with E-state index in [2.05, 4.69) is 33.1 Å². The number of hydrogen-bond donors (Lipinski definition) is 3. The second-order valence-electron chi connectivity index (χ2n) is 9.64. The van der Waals surface area contributed by atoms with Crippen molar-refractivity contribution in [1.29, 1.82) is 0 Å². The van der Waals surface area contributed by atoms with E-state index in [1.54, 1.807) is 6.92 Å². The topological polar surface area (TPSA) is 145 Å². The lowest BCUT2D eigenvalue weighted by Crippen LogP contribution is -2.40. The van der Waals surface area contributed by atoms with E-state index in [1.807, 2.05) is 19.1 Å². The number of imidazole rings is 1. The molecule has 1 saturated carbocycles. The molecule has 3 heterocycles. The molecule has 0 unspecified atom stereocenters. The second kappa shape index (κ2) is 9.25. The van der Waals surface area contributed by atoms with Crippen molar-refractivity contribution in [1.82, 2.24) is 24.2 Å². The number of anilines is 1. The molecule has 0 spiro atoms. The number of hydrogen-bond acceptors (Lipinski definition) is 6. The minimum Gasteiger partial charge on any atom is -0.391 e. The van der Waals surface area contributed by atoms with Gasteiger partial charge in [0.25, 0.3) is 5.91 Å². The number of carbonyl (C=O) groups excluding carboxylic acids is 2. The Kier molecular flexibility index (Phi) is 6.22. The van der Waals surface area contributed by atoms with E-state index in [1.165, 1.54) is 15.7 Å². The molecule has 0 bridgehead atoms. The minimum atomic E-state index is -0.773. The number of nitrogen functional groups attached to an aromatic ring is 1. The zero-order chi connectivity index (χ0) is 26.6. The van der Waals surface area contributed by atoms with Crippen LogP contribution in [-0.4, -0.2) is 59.8 Å². The van der Waals surface area contributed by atoms with Crippen LogP contribution in [0.5, 0.6) is 0 Å². The average molecular weight is 522 g/mol. The number of nitrogens with zero attached hydrogens (tertiary/aromatic N) is 5. The summed E-state index contributed by atoms with van der Waals surface area (Å²) in [6, 6.07) is 3.32. The Morgan fingerprint density at radius 2 is 2.03 bits per heavy atom. The average Bonchev–Trinajstić information content (AvgIpc) is 3.35. The van der Waals surface area contributed by atoms with E-state index in [-0.39, 0.29) is 35.6 Å². The van der Waals surface area contributed by atoms with Gasteiger partial charge in [-0.2, -0.15) is 5.10 Å². The molecular formula is C26H28ClN7O3. The fourth-order valence-corrected chi connectivity index (χ4v) is 5.36. The number of aliphatic hydroxyl groups excluding tert-OH is 1. The molecule has 3 aromatic rings. The molecule has 10 nitrogen and oxygen atoms in total. The summed E-state index contributed by atoms with van der Waals surface area (Å²) in [5, 5.41) is 15.2. The number of halogens is 1. The van der Waals surface area contributed by atoms with E-state index in [0.29, 0.717) is 23.0 Å². The molecule has 2 aliphatic rings. The summed E-state index contributed by atoms with van der Waals surface area (Å²) in [5.41, 5.74) is 14.3. The first-order chi connectivity index (χ1) is 17.6. The molecule has 1 aliphatic heterocycles. The van der Waals surface area contributed by atoms with Crippen LogP contribution in [0, 0.1) is 18.8 Å². The van der Waals surface area contributed by atoms with Crippen LogP contribution >= 0.6 is 11.6 Å². The monoisotopic (exact) mass is 521 g/mol. The highest BCUT2D eigenvalue weighted by Crippen LogP contribution is 2.39. The third-order valence-corrected chi connectivity index (χ3v) is 7.37.